The van der Waals surface area contributed by atoms with Crippen molar-refractivity contribution in [1.29, 1.82) is 0 Å². The van der Waals surface area contributed by atoms with Gasteiger partial charge in [0.15, 0.2) is 0 Å². The summed E-state index contributed by atoms with van der Waals surface area (Å²) in [4.78, 5) is 11.8. The topological polar surface area (TPSA) is 41.1 Å². The summed E-state index contributed by atoms with van der Waals surface area (Å²) >= 11 is 0. The van der Waals surface area contributed by atoms with Crippen LogP contribution < -0.4 is 10.6 Å². The zero-order valence-electron chi connectivity index (χ0n) is 11.8. The Morgan fingerprint density at radius 2 is 1.89 bits per heavy atom. The minimum Gasteiger partial charge on any atom is -0.325 e. The molecule has 0 aliphatic rings. The Balaban J connectivity index is 2.36. The lowest BCUT2D eigenvalue weighted by atomic mass is 10.1. The van der Waals surface area contributed by atoms with Gasteiger partial charge in [-0.2, -0.15) is 0 Å². The first-order chi connectivity index (χ1) is 8.49. The van der Waals surface area contributed by atoms with Gasteiger partial charge in [-0.15, -0.1) is 0 Å². The van der Waals surface area contributed by atoms with Crippen molar-refractivity contribution in [3.63, 3.8) is 0 Å². The zero-order chi connectivity index (χ0) is 13.5. The lowest BCUT2D eigenvalue weighted by Gasteiger charge is -2.16. The van der Waals surface area contributed by atoms with E-state index in [2.05, 4.69) is 31.4 Å². The van der Waals surface area contributed by atoms with E-state index in [1.165, 1.54) is 0 Å². The van der Waals surface area contributed by atoms with E-state index in [1.54, 1.807) is 0 Å². The van der Waals surface area contributed by atoms with E-state index >= 15 is 0 Å². The van der Waals surface area contributed by atoms with Gasteiger partial charge in [0.2, 0.25) is 5.91 Å². The molecule has 0 aromatic heterocycles. The number of amides is 1. The molecule has 0 heterocycles. The molecule has 1 atom stereocenters. The van der Waals surface area contributed by atoms with Crippen molar-refractivity contribution >= 4 is 11.6 Å². The van der Waals surface area contributed by atoms with Crippen LogP contribution >= 0.6 is 0 Å². The average molecular weight is 248 g/mol. The number of para-hydroxylation sites is 1. The average Bonchev–Trinajstić information content (AvgIpc) is 2.29. The molecule has 0 aliphatic heterocycles. The van der Waals surface area contributed by atoms with Crippen LogP contribution in [0.5, 0.6) is 0 Å². The number of carbonyl (C=O) groups is 1. The maximum Gasteiger partial charge on any atom is 0.238 e. The van der Waals surface area contributed by atoms with Crippen molar-refractivity contribution in [2.24, 2.45) is 5.92 Å². The van der Waals surface area contributed by atoms with Gasteiger partial charge >= 0.3 is 0 Å². The molecule has 0 spiro atoms. The Morgan fingerprint density at radius 3 is 2.50 bits per heavy atom. The molecule has 2 N–H and O–H groups in total. The predicted octanol–water partition coefficient (Wildman–Crippen LogP) is 2.96. The smallest absolute Gasteiger partial charge is 0.238 e. The van der Waals surface area contributed by atoms with Crippen LogP contribution in [0.15, 0.2) is 24.3 Å². The largest absolute Gasteiger partial charge is 0.325 e. The fraction of sp³-hybridized carbons (Fsp3) is 0.533. The molecule has 0 saturated heterocycles. The van der Waals surface area contributed by atoms with E-state index in [0.29, 0.717) is 18.5 Å². The summed E-state index contributed by atoms with van der Waals surface area (Å²) in [6, 6.07) is 8.17. The highest BCUT2D eigenvalue weighted by Crippen LogP contribution is 2.12. The number of anilines is 1. The zero-order valence-corrected chi connectivity index (χ0v) is 11.8. The first-order valence-corrected chi connectivity index (χ1v) is 6.58. The van der Waals surface area contributed by atoms with E-state index in [9.17, 15) is 4.79 Å². The predicted molar refractivity (Wildman–Crippen MR) is 76.7 cm³/mol. The monoisotopic (exact) mass is 248 g/mol. The highest BCUT2D eigenvalue weighted by molar-refractivity contribution is 5.92. The minimum atomic E-state index is 0.0138. The first kappa shape index (κ1) is 14.7. The molecule has 0 aliphatic carbocycles. The van der Waals surface area contributed by atoms with Crippen LogP contribution in [0.25, 0.3) is 0 Å². The second-order valence-corrected chi connectivity index (χ2v) is 5.27. The van der Waals surface area contributed by atoms with E-state index in [4.69, 9.17) is 0 Å². The molecule has 100 valence electrons. The van der Waals surface area contributed by atoms with Crippen LogP contribution in [0, 0.1) is 12.8 Å². The van der Waals surface area contributed by atoms with Gasteiger partial charge in [0, 0.05) is 11.7 Å². The van der Waals surface area contributed by atoms with E-state index in [-0.39, 0.29) is 5.91 Å². The summed E-state index contributed by atoms with van der Waals surface area (Å²) < 4.78 is 0. The van der Waals surface area contributed by atoms with Gasteiger partial charge in [0.1, 0.15) is 0 Å². The molecule has 0 bridgehead atoms. The third-order valence-corrected chi connectivity index (χ3v) is 2.86. The Bertz CT molecular complexity index is 388. The summed E-state index contributed by atoms with van der Waals surface area (Å²) in [6.07, 6.45) is 1.08. The van der Waals surface area contributed by atoms with Crippen molar-refractivity contribution in [2.45, 2.75) is 40.2 Å². The van der Waals surface area contributed by atoms with Gasteiger partial charge in [-0.1, -0.05) is 32.0 Å². The van der Waals surface area contributed by atoms with Crippen LogP contribution in [0.3, 0.4) is 0 Å². The van der Waals surface area contributed by atoms with Crippen LogP contribution in [0.1, 0.15) is 32.8 Å². The number of nitrogens with one attached hydrogen (secondary N) is 2. The highest BCUT2D eigenvalue weighted by Gasteiger charge is 2.08. The normalized spacial score (nSPS) is 12.5. The number of hydrogen-bond donors (Lipinski definition) is 2. The fourth-order valence-electron chi connectivity index (χ4n) is 1.96. The van der Waals surface area contributed by atoms with Crippen LogP contribution in [0.4, 0.5) is 5.69 Å². The van der Waals surface area contributed by atoms with Gasteiger partial charge in [-0.25, -0.2) is 0 Å². The summed E-state index contributed by atoms with van der Waals surface area (Å²) in [6.45, 7) is 8.84. The Labute approximate surface area is 110 Å². The maximum absolute atomic E-state index is 11.8. The van der Waals surface area contributed by atoms with Crippen LogP contribution in [-0.4, -0.2) is 18.5 Å². The van der Waals surface area contributed by atoms with Crippen molar-refractivity contribution in [2.75, 3.05) is 11.9 Å². The summed E-state index contributed by atoms with van der Waals surface area (Å²) in [5.41, 5.74) is 1.97. The number of rotatable bonds is 6. The molecule has 18 heavy (non-hydrogen) atoms. The number of benzene rings is 1. The van der Waals surface area contributed by atoms with Gasteiger partial charge in [0.05, 0.1) is 6.54 Å². The molecule has 0 unspecified atom stereocenters. The second-order valence-electron chi connectivity index (χ2n) is 5.27. The standard InChI is InChI=1S/C15H24N2O/c1-11(2)9-13(4)16-10-15(18)17-14-8-6-5-7-12(14)3/h5-8,11,13,16H,9-10H2,1-4H3,(H,17,18)/t13-/m0/s1. The van der Waals surface area contributed by atoms with E-state index in [1.807, 2.05) is 31.2 Å². The Morgan fingerprint density at radius 1 is 1.22 bits per heavy atom. The lowest BCUT2D eigenvalue weighted by Crippen LogP contribution is -2.35. The third kappa shape index (κ3) is 5.32. The van der Waals surface area contributed by atoms with Gasteiger partial charge < -0.3 is 10.6 Å². The van der Waals surface area contributed by atoms with Crippen molar-refractivity contribution in [3.05, 3.63) is 29.8 Å². The molecule has 1 aromatic rings. The summed E-state index contributed by atoms with van der Waals surface area (Å²) in [5.74, 6) is 0.659. The van der Waals surface area contributed by atoms with Crippen LogP contribution in [-0.2, 0) is 4.79 Å². The Kier molecular flexibility index (Phi) is 5.86. The lowest BCUT2D eigenvalue weighted by molar-refractivity contribution is -0.115. The van der Waals surface area contributed by atoms with Crippen LogP contribution in [0.2, 0.25) is 0 Å². The molecular weight excluding hydrogens is 224 g/mol. The maximum atomic E-state index is 11.8. The molecule has 3 heteroatoms. The van der Waals surface area contributed by atoms with E-state index in [0.717, 1.165) is 17.7 Å². The van der Waals surface area contributed by atoms with Crippen molar-refractivity contribution < 1.29 is 4.79 Å². The molecule has 0 radical (unpaired) electrons. The molecule has 1 amide bonds. The molecule has 3 nitrogen and oxygen atoms in total. The van der Waals surface area contributed by atoms with E-state index < -0.39 is 0 Å². The third-order valence-electron chi connectivity index (χ3n) is 2.86. The number of aryl methyl sites for hydroxylation is 1. The highest BCUT2D eigenvalue weighted by atomic mass is 16.1. The van der Waals surface area contributed by atoms with Gasteiger partial charge in [-0.05, 0) is 37.8 Å². The minimum absolute atomic E-state index is 0.0138. The van der Waals surface area contributed by atoms with Gasteiger partial charge in [-0.3, -0.25) is 4.79 Å². The quantitative estimate of drug-likeness (QED) is 0.812. The summed E-state index contributed by atoms with van der Waals surface area (Å²) in [7, 11) is 0. The molecule has 0 saturated carbocycles. The molecule has 1 aromatic carbocycles. The molecule has 1 rings (SSSR count). The molecule has 0 fully saturated rings. The second kappa shape index (κ2) is 7.17. The number of carbonyl (C=O) groups excluding carboxylic acids is 1. The first-order valence-electron chi connectivity index (χ1n) is 6.58. The summed E-state index contributed by atoms with van der Waals surface area (Å²) in [5, 5.41) is 6.16. The SMILES string of the molecule is Cc1ccccc1NC(=O)CN[C@@H](C)CC(C)C. The number of hydrogen-bond acceptors (Lipinski definition) is 2. The van der Waals surface area contributed by atoms with Crippen molar-refractivity contribution in [1.82, 2.24) is 5.32 Å². The molecular formula is C15H24N2O. The Hall–Kier alpha value is -1.35. The fourth-order valence-corrected chi connectivity index (χ4v) is 1.96. The van der Waals surface area contributed by atoms with Gasteiger partial charge in [0.25, 0.3) is 0 Å². The van der Waals surface area contributed by atoms with Crippen molar-refractivity contribution in [3.8, 4) is 0 Å².